The van der Waals surface area contributed by atoms with Crippen LogP contribution in [0.25, 0.3) is 0 Å². The summed E-state index contributed by atoms with van der Waals surface area (Å²) in [7, 11) is -0.844. The molecule has 0 aliphatic heterocycles. The van der Waals surface area contributed by atoms with Gasteiger partial charge in [0.25, 0.3) is 0 Å². The molecular formula is C14H20FNOS. The van der Waals surface area contributed by atoms with Crippen LogP contribution in [0.4, 0.5) is 4.39 Å². The summed E-state index contributed by atoms with van der Waals surface area (Å²) in [6, 6.07) is 3.57. The lowest BCUT2D eigenvalue weighted by atomic mass is 10.0. The molecule has 100 valence electrons. The second-order valence-electron chi connectivity index (χ2n) is 5.20. The van der Waals surface area contributed by atoms with Crippen molar-refractivity contribution in [1.29, 1.82) is 0 Å². The van der Waals surface area contributed by atoms with Gasteiger partial charge >= 0.3 is 0 Å². The summed E-state index contributed by atoms with van der Waals surface area (Å²) in [5, 5.41) is 0.116. The van der Waals surface area contributed by atoms with Gasteiger partial charge in [0.2, 0.25) is 0 Å². The highest BCUT2D eigenvalue weighted by atomic mass is 32.2. The summed E-state index contributed by atoms with van der Waals surface area (Å²) in [5.41, 5.74) is 1.19. The molecule has 0 amide bonds. The van der Waals surface area contributed by atoms with E-state index < -0.39 is 9.73 Å². The van der Waals surface area contributed by atoms with Crippen molar-refractivity contribution in [1.82, 2.24) is 0 Å². The Morgan fingerprint density at radius 1 is 1.39 bits per heavy atom. The Hall–Kier alpha value is -0.900. The molecule has 2 rings (SSSR count). The minimum Gasteiger partial charge on any atom is -0.244 e. The lowest BCUT2D eigenvalue weighted by Gasteiger charge is -2.15. The third-order valence-corrected chi connectivity index (χ3v) is 6.54. The van der Waals surface area contributed by atoms with Crippen molar-refractivity contribution in [3.63, 3.8) is 0 Å². The van der Waals surface area contributed by atoms with Crippen molar-refractivity contribution in [2.45, 2.75) is 49.7 Å². The van der Waals surface area contributed by atoms with Gasteiger partial charge < -0.3 is 0 Å². The molecule has 18 heavy (non-hydrogen) atoms. The maximum Gasteiger partial charge on any atom is 0.130 e. The summed E-state index contributed by atoms with van der Waals surface area (Å²) in [6.07, 6.45) is 1.87. The van der Waals surface area contributed by atoms with E-state index in [1.165, 1.54) is 0 Å². The molecule has 1 atom stereocenters. The quantitative estimate of drug-likeness (QED) is 0.819. The first kappa shape index (κ1) is 13.5. The van der Waals surface area contributed by atoms with Gasteiger partial charge in [-0.2, -0.15) is 0 Å². The van der Waals surface area contributed by atoms with Gasteiger partial charge in [0, 0.05) is 17.9 Å². The van der Waals surface area contributed by atoms with E-state index in [1.807, 2.05) is 13.8 Å². The Balaban J connectivity index is 2.61. The largest absolute Gasteiger partial charge is 0.244 e. The van der Waals surface area contributed by atoms with Gasteiger partial charge in [0.15, 0.2) is 0 Å². The van der Waals surface area contributed by atoms with Crippen molar-refractivity contribution in [3.05, 3.63) is 29.1 Å². The molecule has 1 aliphatic rings. The molecule has 1 aromatic carbocycles. The second-order valence-corrected chi connectivity index (χ2v) is 7.81. The molecule has 0 spiro atoms. The Morgan fingerprint density at radius 2 is 2.00 bits per heavy atom. The van der Waals surface area contributed by atoms with Gasteiger partial charge in [-0.3, -0.25) is 0 Å². The average molecular weight is 269 g/mol. The topological polar surface area (TPSA) is 29.4 Å². The molecule has 0 saturated heterocycles. The van der Waals surface area contributed by atoms with E-state index in [4.69, 9.17) is 0 Å². The standard InChI is InChI=1S/C14H20FNOS/c1-9(2)12-7-8-13(10(3)14(12)15)18(17,16-4)11-5-6-11/h7-9,11H,5-6H2,1-4H3. The van der Waals surface area contributed by atoms with E-state index in [0.29, 0.717) is 16.0 Å². The smallest absolute Gasteiger partial charge is 0.130 e. The van der Waals surface area contributed by atoms with E-state index >= 15 is 0 Å². The Bertz CT molecular complexity index is 582. The Morgan fingerprint density at radius 3 is 2.44 bits per heavy atom. The first-order valence-corrected chi connectivity index (χ1v) is 7.92. The van der Waals surface area contributed by atoms with E-state index in [-0.39, 0.29) is 17.0 Å². The third-order valence-electron chi connectivity index (χ3n) is 3.55. The van der Waals surface area contributed by atoms with Crippen LogP contribution in [0.1, 0.15) is 43.7 Å². The zero-order chi connectivity index (χ0) is 13.5. The molecule has 1 unspecified atom stereocenters. The monoisotopic (exact) mass is 269 g/mol. The van der Waals surface area contributed by atoms with E-state index in [0.717, 1.165) is 12.8 Å². The first-order valence-electron chi connectivity index (χ1n) is 6.35. The molecule has 2 nitrogen and oxygen atoms in total. The van der Waals surface area contributed by atoms with Gasteiger partial charge in [-0.15, -0.1) is 0 Å². The van der Waals surface area contributed by atoms with Crippen molar-refractivity contribution in [2.75, 3.05) is 7.05 Å². The van der Waals surface area contributed by atoms with Crippen LogP contribution in [0.15, 0.2) is 21.4 Å². The summed E-state index contributed by atoms with van der Waals surface area (Å²) in [6.45, 7) is 5.63. The number of benzene rings is 1. The van der Waals surface area contributed by atoms with Crippen LogP contribution in [0.3, 0.4) is 0 Å². The summed E-state index contributed by atoms with van der Waals surface area (Å²) in [5.74, 6) is -0.0900. The van der Waals surface area contributed by atoms with Gasteiger partial charge in [-0.05, 0) is 37.3 Å². The summed E-state index contributed by atoms with van der Waals surface area (Å²) < 4.78 is 31.2. The molecule has 1 aliphatic carbocycles. The van der Waals surface area contributed by atoms with Gasteiger partial charge in [-0.25, -0.2) is 13.0 Å². The van der Waals surface area contributed by atoms with Crippen molar-refractivity contribution in [2.24, 2.45) is 4.36 Å². The van der Waals surface area contributed by atoms with Crippen LogP contribution >= 0.6 is 0 Å². The van der Waals surface area contributed by atoms with Crippen LogP contribution < -0.4 is 0 Å². The fourth-order valence-corrected chi connectivity index (χ4v) is 4.69. The third kappa shape index (κ3) is 2.07. The Kier molecular flexibility index (Phi) is 3.49. The first-order chi connectivity index (χ1) is 8.41. The minimum atomic E-state index is -2.42. The molecule has 0 heterocycles. The van der Waals surface area contributed by atoms with Gasteiger partial charge in [0.1, 0.15) is 5.82 Å². The lowest BCUT2D eigenvalue weighted by molar-refractivity contribution is 0.583. The van der Waals surface area contributed by atoms with Crippen LogP contribution in [0, 0.1) is 12.7 Å². The number of hydrogen-bond acceptors (Lipinski definition) is 2. The molecule has 0 aromatic heterocycles. The van der Waals surface area contributed by atoms with E-state index in [2.05, 4.69) is 4.36 Å². The molecule has 1 fully saturated rings. The SMILES string of the molecule is CN=S(=O)(c1ccc(C(C)C)c(F)c1C)C1CC1. The van der Waals surface area contributed by atoms with Crippen LogP contribution in [-0.4, -0.2) is 16.5 Å². The highest BCUT2D eigenvalue weighted by Crippen LogP contribution is 2.38. The Labute approximate surface area is 109 Å². The number of halogens is 1. The average Bonchev–Trinajstić information content (AvgIpc) is 3.15. The van der Waals surface area contributed by atoms with E-state index in [9.17, 15) is 8.60 Å². The highest BCUT2D eigenvalue weighted by Gasteiger charge is 2.36. The predicted octanol–water partition coefficient (Wildman–Crippen LogP) is 3.88. The highest BCUT2D eigenvalue weighted by molar-refractivity contribution is 7.94. The summed E-state index contributed by atoms with van der Waals surface area (Å²) >= 11 is 0. The van der Waals surface area contributed by atoms with Gasteiger partial charge in [-0.1, -0.05) is 19.9 Å². The summed E-state index contributed by atoms with van der Waals surface area (Å²) in [4.78, 5) is 0.592. The molecule has 1 aromatic rings. The zero-order valence-corrected chi connectivity index (χ0v) is 12.2. The van der Waals surface area contributed by atoms with Crippen LogP contribution in [-0.2, 0) is 9.73 Å². The second kappa shape index (κ2) is 4.65. The van der Waals surface area contributed by atoms with Gasteiger partial charge in [0.05, 0.1) is 14.6 Å². The van der Waals surface area contributed by atoms with E-state index in [1.54, 1.807) is 26.1 Å². The minimum absolute atomic E-state index is 0.116. The molecule has 4 heteroatoms. The molecule has 1 saturated carbocycles. The van der Waals surface area contributed by atoms with Crippen LogP contribution in [0.5, 0.6) is 0 Å². The van der Waals surface area contributed by atoms with Crippen molar-refractivity contribution < 1.29 is 8.60 Å². The zero-order valence-electron chi connectivity index (χ0n) is 11.4. The lowest BCUT2D eigenvalue weighted by Crippen LogP contribution is -2.11. The maximum atomic E-state index is 14.3. The molecule has 0 bridgehead atoms. The van der Waals surface area contributed by atoms with Crippen molar-refractivity contribution >= 4 is 9.73 Å². The molecule has 0 N–H and O–H groups in total. The molecule has 0 radical (unpaired) electrons. The van der Waals surface area contributed by atoms with Crippen molar-refractivity contribution in [3.8, 4) is 0 Å². The predicted molar refractivity (Wildman–Crippen MR) is 73.0 cm³/mol. The number of nitrogens with zero attached hydrogens (tertiary/aromatic N) is 1. The number of hydrogen-bond donors (Lipinski definition) is 0. The van der Waals surface area contributed by atoms with Crippen LogP contribution in [0.2, 0.25) is 0 Å². The fraction of sp³-hybridized carbons (Fsp3) is 0.571. The number of rotatable bonds is 3. The normalized spacial score (nSPS) is 18.8. The fourth-order valence-electron chi connectivity index (χ4n) is 2.27. The molecular weight excluding hydrogens is 249 g/mol. The maximum absolute atomic E-state index is 14.3.